The fourth-order valence-corrected chi connectivity index (χ4v) is 4.32. The molecule has 2 amide bonds. The predicted octanol–water partition coefficient (Wildman–Crippen LogP) is 0.251. The van der Waals surface area contributed by atoms with Crippen LogP contribution in [0.5, 0.6) is 0 Å². The second kappa shape index (κ2) is 6.60. The number of amides is 2. The summed E-state index contributed by atoms with van der Waals surface area (Å²) in [6.45, 7) is 2.94. The summed E-state index contributed by atoms with van der Waals surface area (Å²) in [6, 6.07) is -0.438. The molecule has 8 heteroatoms. The number of sulfonamides is 1. The first-order chi connectivity index (χ1) is 10.7. The molecular formula is C15H25N3O4S. The van der Waals surface area contributed by atoms with Crippen molar-refractivity contribution < 1.29 is 18.0 Å². The molecule has 0 aromatic carbocycles. The molecule has 0 spiro atoms. The highest BCUT2D eigenvalue weighted by Crippen LogP contribution is 2.40. The summed E-state index contributed by atoms with van der Waals surface area (Å²) in [5.74, 6) is -0.915. The maximum absolute atomic E-state index is 12.5. The molecule has 7 nitrogen and oxygen atoms in total. The van der Waals surface area contributed by atoms with Crippen molar-refractivity contribution in [2.75, 3.05) is 33.4 Å². The van der Waals surface area contributed by atoms with Crippen molar-refractivity contribution in [2.24, 2.45) is 5.92 Å². The lowest BCUT2D eigenvalue weighted by Gasteiger charge is -2.27. The van der Waals surface area contributed by atoms with Crippen LogP contribution in [0, 0.1) is 5.92 Å². The van der Waals surface area contributed by atoms with E-state index in [4.69, 9.17) is 0 Å². The molecule has 0 aliphatic carbocycles. The van der Waals surface area contributed by atoms with E-state index < -0.39 is 27.9 Å². The van der Waals surface area contributed by atoms with Crippen LogP contribution in [0.1, 0.15) is 26.2 Å². The van der Waals surface area contributed by atoms with Crippen LogP contribution in [0.15, 0.2) is 11.8 Å². The molecule has 0 saturated carbocycles. The Morgan fingerprint density at radius 2 is 2.04 bits per heavy atom. The van der Waals surface area contributed by atoms with Gasteiger partial charge < -0.3 is 9.80 Å². The summed E-state index contributed by atoms with van der Waals surface area (Å²) in [4.78, 5) is 28.6. The zero-order valence-electron chi connectivity index (χ0n) is 14.2. The number of hydrogen-bond donors (Lipinski definition) is 0. The molecule has 1 fully saturated rings. The Hall–Kier alpha value is -1.41. The second-order valence-corrected chi connectivity index (χ2v) is 8.27. The average Bonchev–Trinajstić information content (AvgIpc) is 2.95. The summed E-state index contributed by atoms with van der Waals surface area (Å²) in [6.07, 6.45) is 4.43. The first kappa shape index (κ1) is 17.9. The van der Waals surface area contributed by atoms with E-state index in [-0.39, 0.29) is 5.91 Å². The van der Waals surface area contributed by atoms with Crippen LogP contribution >= 0.6 is 0 Å². The van der Waals surface area contributed by atoms with E-state index in [9.17, 15) is 18.0 Å². The number of fused-ring (bicyclic) bond motifs is 1. The Labute approximate surface area is 138 Å². The van der Waals surface area contributed by atoms with Gasteiger partial charge in [-0.25, -0.2) is 12.7 Å². The van der Waals surface area contributed by atoms with E-state index in [0.717, 1.165) is 17.0 Å². The van der Waals surface area contributed by atoms with Crippen molar-refractivity contribution >= 4 is 21.8 Å². The third kappa shape index (κ3) is 3.42. The molecule has 23 heavy (non-hydrogen) atoms. The van der Waals surface area contributed by atoms with Crippen LogP contribution in [0.3, 0.4) is 0 Å². The number of carbonyl (C=O) groups is 2. The predicted molar refractivity (Wildman–Crippen MR) is 86.8 cm³/mol. The van der Waals surface area contributed by atoms with Gasteiger partial charge in [0, 0.05) is 19.5 Å². The fraction of sp³-hybridized carbons (Fsp3) is 0.733. The monoisotopic (exact) mass is 343 g/mol. The summed E-state index contributed by atoms with van der Waals surface area (Å²) in [7, 11) is 0.126. The summed E-state index contributed by atoms with van der Waals surface area (Å²) < 4.78 is 24.9. The largest absolute Gasteiger partial charge is 0.329 e. The Morgan fingerprint density at radius 3 is 2.57 bits per heavy atom. The Kier molecular flexibility index (Phi) is 5.15. The molecule has 1 saturated heterocycles. The fourth-order valence-electron chi connectivity index (χ4n) is 3.29. The van der Waals surface area contributed by atoms with Gasteiger partial charge in [0.1, 0.15) is 0 Å². The molecular weight excluding hydrogens is 318 g/mol. The lowest BCUT2D eigenvalue weighted by Crippen LogP contribution is -2.42. The van der Waals surface area contributed by atoms with Gasteiger partial charge in [0.25, 0.3) is 0 Å². The normalized spacial score (nSPS) is 24.4. The minimum Gasteiger partial charge on any atom is -0.329 e. The smallest absolute Gasteiger partial charge is 0.246 e. The third-order valence-corrected chi connectivity index (χ3v) is 5.35. The average molecular weight is 343 g/mol. The number of nitrogens with zero attached hydrogens (tertiary/aromatic N) is 3. The molecule has 0 aromatic rings. The van der Waals surface area contributed by atoms with Crippen LogP contribution in [-0.4, -0.2) is 73.8 Å². The van der Waals surface area contributed by atoms with Gasteiger partial charge in [-0.2, -0.15) is 0 Å². The highest BCUT2D eigenvalue weighted by molar-refractivity contribution is 7.89. The minimum atomic E-state index is -3.66. The summed E-state index contributed by atoms with van der Waals surface area (Å²) >= 11 is 0. The maximum Gasteiger partial charge on any atom is 0.246 e. The van der Waals surface area contributed by atoms with Crippen LogP contribution < -0.4 is 0 Å². The molecule has 2 heterocycles. The molecule has 2 aliphatic heterocycles. The zero-order chi connectivity index (χ0) is 17.4. The quantitative estimate of drug-likeness (QED) is 0.691. The first-order valence-corrected chi connectivity index (χ1v) is 9.71. The van der Waals surface area contributed by atoms with E-state index in [0.29, 0.717) is 31.6 Å². The van der Waals surface area contributed by atoms with Gasteiger partial charge in [-0.3, -0.25) is 9.59 Å². The van der Waals surface area contributed by atoms with Crippen molar-refractivity contribution in [3.8, 4) is 0 Å². The lowest BCUT2D eigenvalue weighted by molar-refractivity contribution is -0.134. The topological polar surface area (TPSA) is 78.0 Å². The number of hydrogen-bond acceptors (Lipinski definition) is 5. The molecule has 2 atom stereocenters. The van der Waals surface area contributed by atoms with Crippen molar-refractivity contribution in [3.63, 3.8) is 0 Å². The minimum absolute atomic E-state index is 0.0424. The SMILES string of the molecule is CCC[C@H]1C(=O)N(S(C)(=O)=O)C2=CCN(C(=O)CCN(C)C)[C@@H]21. The van der Waals surface area contributed by atoms with Crippen LogP contribution in [-0.2, 0) is 19.6 Å². The first-order valence-electron chi connectivity index (χ1n) is 7.86. The third-order valence-electron chi connectivity index (χ3n) is 4.29. The number of carbonyl (C=O) groups excluding carboxylic acids is 2. The van der Waals surface area contributed by atoms with Gasteiger partial charge in [-0.1, -0.05) is 13.3 Å². The zero-order valence-corrected chi connectivity index (χ0v) is 15.0. The van der Waals surface area contributed by atoms with Gasteiger partial charge >= 0.3 is 0 Å². The summed E-state index contributed by atoms with van der Waals surface area (Å²) in [5, 5.41) is 0. The lowest BCUT2D eigenvalue weighted by atomic mass is 9.96. The summed E-state index contributed by atoms with van der Waals surface area (Å²) in [5.41, 5.74) is 0.453. The molecule has 2 rings (SSSR count). The molecule has 0 bridgehead atoms. The molecule has 2 aliphatic rings. The highest BCUT2D eigenvalue weighted by atomic mass is 32.2. The van der Waals surface area contributed by atoms with Gasteiger partial charge in [-0.05, 0) is 26.6 Å². The van der Waals surface area contributed by atoms with Gasteiger partial charge in [0.05, 0.1) is 23.9 Å². The Bertz CT molecular complexity index is 627. The second-order valence-electron chi connectivity index (χ2n) is 6.43. The van der Waals surface area contributed by atoms with Crippen LogP contribution in [0.2, 0.25) is 0 Å². The van der Waals surface area contributed by atoms with E-state index in [1.165, 1.54) is 0 Å². The van der Waals surface area contributed by atoms with Crippen LogP contribution in [0.4, 0.5) is 0 Å². The van der Waals surface area contributed by atoms with E-state index in [1.54, 1.807) is 11.0 Å². The van der Waals surface area contributed by atoms with Crippen LogP contribution in [0.25, 0.3) is 0 Å². The van der Waals surface area contributed by atoms with E-state index in [2.05, 4.69) is 0 Å². The van der Waals surface area contributed by atoms with E-state index >= 15 is 0 Å². The Balaban J connectivity index is 2.27. The Morgan fingerprint density at radius 1 is 1.39 bits per heavy atom. The van der Waals surface area contributed by atoms with Crippen molar-refractivity contribution in [1.29, 1.82) is 0 Å². The molecule has 0 N–H and O–H groups in total. The molecule has 130 valence electrons. The number of rotatable bonds is 6. The molecule has 0 radical (unpaired) electrons. The molecule has 0 aromatic heterocycles. The highest BCUT2D eigenvalue weighted by Gasteiger charge is 2.53. The van der Waals surface area contributed by atoms with Crippen molar-refractivity contribution in [2.45, 2.75) is 32.2 Å². The standard InChI is InChI=1S/C15H25N3O4S/c1-5-6-11-14-12(18(15(11)20)23(4,21)22)7-10-17(14)13(19)8-9-16(2)3/h7,11,14H,5-6,8-10H2,1-4H3/t11-,14-/m1/s1. The van der Waals surface area contributed by atoms with Gasteiger partial charge in [0.2, 0.25) is 21.8 Å². The maximum atomic E-state index is 12.5. The van der Waals surface area contributed by atoms with E-state index in [1.807, 2.05) is 25.9 Å². The van der Waals surface area contributed by atoms with Crippen molar-refractivity contribution in [1.82, 2.24) is 14.1 Å². The van der Waals surface area contributed by atoms with Gasteiger partial charge in [-0.15, -0.1) is 0 Å². The van der Waals surface area contributed by atoms with Crippen molar-refractivity contribution in [3.05, 3.63) is 11.8 Å². The molecule has 0 unspecified atom stereocenters. The van der Waals surface area contributed by atoms with Gasteiger partial charge in [0.15, 0.2) is 0 Å².